The van der Waals surface area contributed by atoms with Gasteiger partial charge in [-0.25, -0.2) is 0 Å². The molecule has 0 aliphatic heterocycles. The Morgan fingerprint density at radius 2 is 1.59 bits per heavy atom. The van der Waals surface area contributed by atoms with Gasteiger partial charge in [0.15, 0.2) is 8.32 Å². The number of benzene rings is 1. The van der Waals surface area contributed by atoms with Crippen molar-refractivity contribution in [2.45, 2.75) is 78.5 Å². The van der Waals surface area contributed by atoms with E-state index < -0.39 is 8.32 Å². The molecule has 0 saturated carbocycles. The van der Waals surface area contributed by atoms with Crippen molar-refractivity contribution in [1.29, 1.82) is 0 Å². The fourth-order valence-electron chi connectivity index (χ4n) is 4.37. The minimum atomic E-state index is -1.76. The summed E-state index contributed by atoms with van der Waals surface area (Å²) in [4.78, 5) is 0. The highest BCUT2D eigenvalue weighted by Crippen LogP contribution is 2.34. The molecular formula is C27H45IO3Si. The van der Waals surface area contributed by atoms with Gasteiger partial charge in [0.05, 0.1) is 25.9 Å². The van der Waals surface area contributed by atoms with Gasteiger partial charge in [-0.1, -0.05) is 101 Å². The number of methoxy groups -OCH3 is 1. The maximum absolute atomic E-state index is 7.12. The highest BCUT2D eigenvalue weighted by molar-refractivity contribution is 14.1. The topological polar surface area (TPSA) is 27.7 Å². The molecule has 5 atom stereocenters. The highest BCUT2D eigenvalue weighted by Gasteiger charge is 2.39. The van der Waals surface area contributed by atoms with Crippen LogP contribution in [0.2, 0.25) is 18.1 Å². The molecule has 0 fully saturated rings. The van der Waals surface area contributed by atoms with Crippen molar-refractivity contribution in [3.63, 3.8) is 0 Å². The summed E-state index contributed by atoms with van der Waals surface area (Å²) in [5.74, 6) is 1.88. The van der Waals surface area contributed by atoms with Crippen LogP contribution in [0.15, 0.2) is 49.1 Å². The molecule has 0 saturated heterocycles. The molecule has 0 bridgehead atoms. The molecule has 0 amide bonds. The minimum Gasteiger partial charge on any atom is -0.497 e. The lowest BCUT2D eigenvalue weighted by atomic mass is 9.84. The van der Waals surface area contributed by atoms with Crippen LogP contribution in [-0.2, 0) is 15.8 Å². The van der Waals surface area contributed by atoms with E-state index in [0.717, 1.165) is 28.3 Å². The summed E-state index contributed by atoms with van der Waals surface area (Å²) in [5, 5.41) is 0. The quantitative estimate of drug-likeness (QED) is 0.0868. The van der Waals surface area contributed by atoms with Gasteiger partial charge in [-0.05, 0) is 47.7 Å². The third kappa shape index (κ3) is 8.62. The number of rotatable bonds is 16. The molecule has 0 heterocycles. The van der Waals surface area contributed by atoms with Crippen LogP contribution in [0.3, 0.4) is 0 Å². The van der Waals surface area contributed by atoms with Gasteiger partial charge in [-0.2, -0.15) is 0 Å². The lowest BCUT2D eigenvalue weighted by Gasteiger charge is -2.42. The van der Waals surface area contributed by atoms with Crippen molar-refractivity contribution in [1.82, 2.24) is 0 Å². The van der Waals surface area contributed by atoms with Gasteiger partial charge in [0.2, 0.25) is 0 Å². The average Bonchev–Trinajstić information content (AvgIpc) is 2.83. The third-order valence-electron chi connectivity index (χ3n) is 6.83. The molecule has 0 aromatic heterocycles. The zero-order chi connectivity index (χ0) is 24.1. The van der Waals surface area contributed by atoms with Gasteiger partial charge >= 0.3 is 0 Å². The molecule has 0 spiro atoms. The lowest BCUT2D eigenvalue weighted by molar-refractivity contribution is -0.0634. The Bertz CT molecular complexity index is 664. The molecule has 0 N–H and O–H groups in total. The van der Waals surface area contributed by atoms with E-state index in [9.17, 15) is 0 Å². The monoisotopic (exact) mass is 572 g/mol. The molecule has 1 aromatic rings. The number of allylic oxidation sites excluding steroid dienone is 2. The Morgan fingerprint density at radius 3 is 2.06 bits per heavy atom. The molecule has 5 heteroatoms. The van der Waals surface area contributed by atoms with Crippen LogP contribution >= 0.6 is 22.6 Å². The van der Waals surface area contributed by atoms with Crippen molar-refractivity contribution in [2.24, 2.45) is 17.8 Å². The predicted octanol–water partition coefficient (Wildman–Crippen LogP) is 8.06. The van der Waals surface area contributed by atoms with E-state index >= 15 is 0 Å². The van der Waals surface area contributed by atoms with E-state index in [1.807, 2.05) is 18.2 Å². The standard InChI is InChI=1S/C27H45IO3Si/c1-9-13-14-21(5)27(31-32(10-2,11-3)12-4)23(7)26(22(6)19-28)30-20-24-15-17-25(29-8)18-16-24/h9,13-18,21-23,26-27H,1,10-12,19-20H2,2-8H3/b14-13-. The van der Waals surface area contributed by atoms with E-state index in [1.165, 1.54) is 5.56 Å². The van der Waals surface area contributed by atoms with Crippen molar-refractivity contribution < 1.29 is 13.9 Å². The average molecular weight is 573 g/mol. The molecule has 1 aromatic carbocycles. The van der Waals surface area contributed by atoms with E-state index in [0.29, 0.717) is 18.4 Å². The number of alkyl halides is 1. The van der Waals surface area contributed by atoms with Gasteiger partial charge in [0.25, 0.3) is 0 Å². The molecule has 0 radical (unpaired) electrons. The lowest BCUT2D eigenvalue weighted by Crippen LogP contribution is -2.48. The van der Waals surface area contributed by atoms with Crippen LogP contribution < -0.4 is 4.74 Å². The Balaban J connectivity index is 3.16. The van der Waals surface area contributed by atoms with Gasteiger partial charge in [-0.3, -0.25) is 0 Å². The second-order valence-electron chi connectivity index (χ2n) is 8.92. The first kappa shape index (κ1) is 29.4. The van der Waals surface area contributed by atoms with Crippen LogP contribution in [0.5, 0.6) is 5.75 Å². The van der Waals surface area contributed by atoms with Crippen molar-refractivity contribution in [3.05, 3.63) is 54.6 Å². The summed E-state index contributed by atoms with van der Waals surface area (Å²) in [5.41, 5.74) is 1.17. The summed E-state index contributed by atoms with van der Waals surface area (Å²) in [6.07, 6.45) is 6.40. The summed E-state index contributed by atoms with van der Waals surface area (Å²) in [7, 11) is -0.0704. The number of ether oxygens (including phenoxy) is 2. The van der Waals surface area contributed by atoms with Crippen molar-refractivity contribution in [2.75, 3.05) is 11.5 Å². The van der Waals surface area contributed by atoms with E-state index in [4.69, 9.17) is 13.9 Å². The molecule has 1 rings (SSSR count). The Kier molecular flexibility index (Phi) is 14.1. The van der Waals surface area contributed by atoms with E-state index in [1.54, 1.807) is 7.11 Å². The predicted molar refractivity (Wildman–Crippen MR) is 149 cm³/mol. The highest BCUT2D eigenvalue weighted by atomic mass is 127. The van der Waals surface area contributed by atoms with E-state index in [-0.39, 0.29) is 18.1 Å². The molecule has 0 aliphatic carbocycles. The first-order chi connectivity index (χ1) is 15.3. The maximum atomic E-state index is 7.12. The summed E-state index contributed by atoms with van der Waals surface area (Å²) in [6, 6.07) is 11.6. The molecular weight excluding hydrogens is 527 g/mol. The SMILES string of the molecule is C=C/C=C\C(C)C(O[Si](CC)(CC)CC)C(C)C(OCc1ccc(OC)cc1)C(C)CI. The number of hydrogen-bond acceptors (Lipinski definition) is 3. The largest absolute Gasteiger partial charge is 0.497 e. The van der Waals surface area contributed by atoms with Gasteiger partial charge in [-0.15, -0.1) is 0 Å². The first-order valence-electron chi connectivity index (χ1n) is 12.1. The fraction of sp³-hybridized carbons (Fsp3) is 0.630. The molecule has 182 valence electrons. The van der Waals surface area contributed by atoms with Crippen LogP contribution in [0, 0.1) is 17.8 Å². The smallest absolute Gasteiger partial charge is 0.192 e. The normalized spacial score (nSPS) is 17.0. The molecule has 5 unspecified atom stereocenters. The summed E-state index contributed by atoms with van der Waals surface area (Å²) < 4.78 is 20.1. The minimum absolute atomic E-state index is 0.121. The second-order valence-corrected chi connectivity index (χ2v) is 14.5. The zero-order valence-electron chi connectivity index (χ0n) is 21.3. The second kappa shape index (κ2) is 15.3. The number of halogens is 1. The Labute approximate surface area is 212 Å². The zero-order valence-corrected chi connectivity index (χ0v) is 24.4. The fourth-order valence-corrected chi connectivity index (χ4v) is 7.88. The van der Waals surface area contributed by atoms with Crippen LogP contribution in [0.1, 0.15) is 47.1 Å². The number of hydrogen-bond donors (Lipinski definition) is 0. The maximum Gasteiger partial charge on any atom is 0.192 e. The first-order valence-corrected chi connectivity index (χ1v) is 16.1. The van der Waals surface area contributed by atoms with Crippen molar-refractivity contribution >= 4 is 30.9 Å². The van der Waals surface area contributed by atoms with Crippen LogP contribution in [-0.4, -0.2) is 32.1 Å². The molecule has 32 heavy (non-hydrogen) atoms. The summed E-state index contributed by atoms with van der Waals surface area (Å²) in [6.45, 7) is 18.3. The molecule has 3 nitrogen and oxygen atoms in total. The van der Waals surface area contributed by atoms with Crippen molar-refractivity contribution in [3.8, 4) is 5.75 Å². The third-order valence-corrected chi connectivity index (χ3v) is 12.9. The van der Waals surface area contributed by atoms with Crippen LogP contribution in [0.4, 0.5) is 0 Å². The summed E-state index contributed by atoms with van der Waals surface area (Å²) >= 11 is 2.48. The van der Waals surface area contributed by atoms with Gasteiger partial charge < -0.3 is 13.9 Å². The Morgan fingerprint density at radius 1 is 1.00 bits per heavy atom. The molecule has 0 aliphatic rings. The van der Waals surface area contributed by atoms with Gasteiger partial charge in [0.1, 0.15) is 5.75 Å². The Hall–Kier alpha value is -0.633. The van der Waals surface area contributed by atoms with E-state index in [2.05, 4.69) is 95.0 Å². The van der Waals surface area contributed by atoms with Gasteiger partial charge in [0, 0.05) is 10.3 Å². The van der Waals surface area contributed by atoms with Crippen LogP contribution in [0.25, 0.3) is 0 Å².